The van der Waals surface area contributed by atoms with Crippen molar-refractivity contribution >= 4 is 39.3 Å². The van der Waals surface area contributed by atoms with Crippen molar-refractivity contribution in [1.82, 2.24) is 4.31 Å². The fourth-order valence-corrected chi connectivity index (χ4v) is 5.76. The van der Waals surface area contributed by atoms with Gasteiger partial charge in [-0.25, -0.2) is 8.42 Å². The van der Waals surface area contributed by atoms with Gasteiger partial charge in [0.25, 0.3) is 0 Å². The van der Waals surface area contributed by atoms with Crippen LogP contribution in [0.4, 0.5) is 5.69 Å². The van der Waals surface area contributed by atoms with Crippen LogP contribution in [0.2, 0.25) is 0 Å². The van der Waals surface area contributed by atoms with Gasteiger partial charge in [-0.1, -0.05) is 6.92 Å². The Labute approximate surface area is 157 Å². The normalized spacial score (nSPS) is 21.4. The van der Waals surface area contributed by atoms with Crippen LogP contribution >= 0.6 is 11.8 Å². The van der Waals surface area contributed by atoms with Crippen LogP contribution in [0.3, 0.4) is 0 Å². The Morgan fingerprint density at radius 1 is 1.38 bits per heavy atom. The molecule has 0 bridgehead atoms. The SMILES string of the molecule is COC(=O)CN1C(=O)CSc2ccc(S(=O)(=O)N3CCC[C@@H](C)C3)cc21. The second-order valence-electron chi connectivity index (χ2n) is 6.58. The highest BCUT2D eigenvalue weighted by molar-refractivity contribution is 8.00. The molecule has 0 radical (unpaired) electrons. The Morgan fingerprint density at radius 2 is 2.15 bits per heavy atom. The van der Waals surface area contributed by atoms with Crippen molar-refractivity contribution in [3.8, 4) is 0 Å². The number of hydrogen-bond donors (Lipinski definition) is 0. The molecule has 1 aromatic carbocycles. The molecule has 0 saturated carbocycles. The first-order chi connectivity index (χ1) is 12.3. The Morgan fingerprint density at radius 3 is 2.85 bits per heavy atom. The minimum atomic E-state index is -3.63. The molecule has 1 saturated heterocycles. The number of hydrogen-bond acceptors (Lipinski definition) is 6. The third-order valence-electron chi connectivity index (χ3n) is 4.65. The lowest BCUT2D eigenvalue weighted by Crippen LogP contribution is -2.41. The van der Waals surface area contributed by atoms with Crippen molar-refractivity contribution in [2.45, 2.75) is 29.6 Å². The fraction of sp³-hybridized carbons (Fsp3) is 0.529. The van der Waals surface area contributed by atoms with Gasteiger partial charge in [-0.05, 0) is 37.0 Å². The molecule has 142 valence electrons. The molecule has 1 atom stereocenters. The van der Waals surface area contributed by atoms with Crippen LogP contribution in [-0.2, 0) is 24.3 Å². The second kappa shape index (κ2) is 7.58. The van der Waals surface area contributed by atoms with Gasteiger partial charge in [0, 0.05) is 18.0 Å². The molecule has 2 heterocycles. The highest BCUT2D eigenvalue weighted by Crippen LogP contribution is 2.37. The molecule has 0 N–H and O–H groups in total. The van der Waals surface area contributed by atoms with E-state index in [0.717, 1.165) is 17.7 Å². The Hall–Kier alpha value is -1.58. The molecule has 0 spiro atoms. The van der Waals surface area contributed by atoms with E-state index in [1.165, 1.54) is 34.1 Å². The molecular formula is C17H22N2O5S2. The highest BCUT2D eigenvalue weighted by Gasteiger charge is 2.32. The van der Waals surface area contributed by atoms with Crippen LogP contribution < -0.4 is 4.90 Å². The van der Waals surface area contributed by atoms with E-state index in [1.807, 2.05) is 6.92 Å². The number of sulfonamides is 1. The monoisotopic (exact) mass is 398 g/mol. The van der Waals surface area contributed by atoms with Gasteiger partial charge in [0.2, 0.25) is 15.9 Å². The molecule has 1 aromatic rings. The summed E-state index contributed by atoms with van der Waals surface area (Å²) in [6, 6.07) is 4.78. The summed E-state index contributed by atoms with van der Waals surface area (Å²) in [6.07, 6.45) is 1.86. The van der Waals surface area contributed by atoms with Crippen molar-refractivity contribution in [1.29, 1.82) is 0 Å². The summed E-state index contributed by atoms with van der Waals surface area (Å²) in [7, 11) is -2.38. The van der Waals surface area contributed by atoms with Crippen LogP contribution in [0.5, 0.6) is 0 Å². The lowest BCUT2D eigenvalue weighted by molar-refractivity contribution is -0.139. The third kappa shape index (κ3) is 3.74. The molecule has 1 amide bonds. The summed E-state index contributed by atoms with van der Waals surface area (Å²) in [5.74, 6) is -0.257. The van der Waals surface area contributed by atoms with Crippen molar-refractivity contribution < 1.29 is 22.7 Å². The molecule has 7 nitrogen and oxygen atoms in total. The van der Waals surface area contributed by atoms with Gasteiger partial charge in [-0.15, -0.1) is 11.8 Å². The molecule has 1 fully saturated rings. The summed E-state index contributed by atoms with van der Waals surface area (Å²) in [5.41, 5.74) is 0.447. The molecule has 0 aromatic heterocycles. The van der Waals surface area contributed by atoms with E-state index in [4.69, 9.17) is 0 Å². The van der Waals surface area contributed by atoms with Crippen LogP contribution in [0.25, 0.3) is 0 Å². The summed E-state index contributed by atoms with van der Waals surface area (Å²) in [6.45, 7) is 2.82. The zero-order valence-electron chi connectivity index (χ0n) is 14.8. The zero-order valence-corrected chi connectivity index (χ0v) is 16.4. The topological polar surface area (TPSA) is 84.0 Å². The van der Waals surface area contributed by atoms with Gasteiger partial charge in [-0.3, -0.25) is 14.5 Å². The Kier molecular flexibility index (Phi) is 5.59. The second-order valence-corrected chi connectivity index (χ2v) is 9.54. The highest BCUT2D eigenvalue weighted by atomic mass is 32.2. The first-order valence-electron chi connectivity index (χ1n) is 8.47. The predicted octanol–water partition coefficient (Wildman–Crippen LogP) is 1.72. The number of amides is 1. The maximum absolute atomic E-state index is 13.0. The van der Waals surface area contributed by atoms with Crippen molar-refractivity contribution in [3.63, 3.8) is 0 Å². The van der Waals surface area contributed by atoms with Crippen LogP contribution in [0.1, 0.15) is 19.8 Å². The number of carbonyl (C=O) groups excluding carboxylic acids is 2. The van der Waals surface area contributed by atoms with Crippen molar-refractivity contribution in [2.75, 3.05) is 37.4 Å². The fourth-order valence-electron chi connectivity index (χ4n) is 3.22. The van der Waals surface area contributed by atoms with Crippen molar-refractivity contribution in [2.24, 2.45) is 5.92 Å². The van der Waals surface area contributed by atoms with Crippen LogP contribution in [0.15, 0.2) is 28.0 Å². The van der Waals surface area contributed by atoms with E-state index in [2.05, 4.69) is 4.74 Å². The zero-order chi connectivity index (χ0) is 18.9. The number of ether oxygens (including phenoxy) is 1. The number of thioether (sulfide) groups is 1. The van der Waals surface area contributed by atoms with Crippen molar-refractivity contribution in [3.05, 3.63) is 18.2 Å². The lowest BCUT2D eigenvalue weighted by atomic mass is 10.0. The number of esters is 1. The van der Waals surface area contributed by atoms with Gasteiger partial charge >= 0.3 is 5.97 Å². The summed E-state index contributed by atoms with van der Waals surface area (Å²) in [4.78, 5) is 26.1. The molecule has 9 heteroatoms. The van der Waals surface area contributed by atoms with Gasteiger partial charge < -0.3 is 4.74 Å². The molecule has 0 aliphatic carbocycles. The van der Waals surface area contributed by atoms with Crippen LogP contribution in [0, 0.1) is 5.92 Å². The molecule has 0 unspecified atom stereocenters. The number of benzene rings is 1. The van der Waals surface area contributed by atoms with E-state index in [1.54, 1.807) is 12.1 Å². The number of piperidine rings is 1. The number of anilines is 1. The number of carbonyl (C=O) groups is 2. The van der Waals surface area contributed by atoms with E-state index in [-0.39, 0.29) is 23.1 Å². The largest absolute Gasteiger partial charge is 0.468 e. The summed E-state index contributed by atoms with van der Waals surface area (Å²) in [5, 5.41) is 0. The van der Waals surface area contributed by atoms with Gasteiger partial charge in [-0.2, -0.15) is 4.31 Å². The average molecular weight is 399 g/mol. The summed E-state index contributed by atoms with van der Waals surface area (Å²) < 4.78 is 32.2. The van der Waals surface area contributed by atoms with Crippen LogP contribution in [-0.4, -0.2) is 57.1 Å². The number of methoxy groups -OCH3 is 1. The van der Waals surface area contributed by atoms with E-state index < -0.39 is 16.0 Å². The summed E-state index contributed by atoms with van der Waals surface area (Å²) >= 11 is 1.34. The minimum Gasteiger partial charge on any atom is -0.468 e. The van der Waals surface area contributed by atoms with E-state index in [0.29, 0.717) is 24.7 Å². The standard InChI is InChI=1S/C17H22N2O5S2/c1-12-4-3-7-18(9-12)26(22,23)13-5-6-15-14(8-13)19(10-17(21)24-2)16(20)11-25-15/h5-6,8,12H,3-4,7,9-11H2,1-2H3/t12-/m1/s1. The van der Waals surface area contributed by atoms with E-state index in [9.17, 15) is 18.0 Å². The lowest BCUT2D eigenvalue weighted by Gasteiger charge is -2.31. The maximum atomic E-state index is 13.0. The number of rotatable bonds is 4. The third-order valence-corrected chi connectivity index (χ3v) is 7.55. The Bertz CT molecular complexity index is 824. The van der Waals surface area contributed by atoms with Gasteiger partial charge in [0.1, 0.15) is 6.54 Å². The quantitative estimate of drug-likeness (QED) is 0.718. The molecule has 2 aliphatic rings. The maximum Gasteiger partial charge on any atom is 0.325 e. The molecule has 3 rings (SSSR count). The van der Waals surface area contributed by atoms with Gasteiger partial charge in [0.05, 0.1) is 23.4 Å². The smallest absolute Gasteiger partial charge is 0.325 e. The first kappa shape index (κ1) is 19.2. The number of fused-ring (bicyclic) bond motifs is 1. The number of nitrogens with zero attached hydrogens (tertiary/aromatic N) is 2. The first-order valence-corrected chi connectivity index (χ1v) is 10.9. The predicted molar refractivity (Wildman–Crippen MR) is 98.7 cm³/mol. The van der Waals surface area contributed by atoms with Gasteiger partial charge in [0.15, 0.2) is 0 Å². The molecule has 26 heavy (non-hydrogen) atoms. The molecule has 2 aliphatic heterocycles. The van der Waals surface area contributed by atoms with E-state index >= 15 is 0 Å². The average Bonchev–Trinajstić information content (AvgIpc) is 2.63. The molecular weight excluding hydrogens is 376 g/mol. The Balaban J connectivity index is 1.96. The minimum absolute atomic E-state index is 0.149.